The maximum atomic E-state index is 12.1. The molecule has 3 aromatic rings. The standard InChI is InChI=1S/C32H41Cl2N7OS/c1-5-26(42)39-18-32(19-39)14-22(15-32)41-20(2)27(28-23-16-35-36-25(23)12-24(33)29(28)34)30(37-41)40-7-6-21(13-31(40,3)4)17-38-8-10-43-11-9-38/h5,12,16,21-22H,1,6-11,13-15,17-19H2,2-4H3,(H,35,36). The number of likely N-dealkylation sites (tertiary alicyclic amines) is 1. The zero-order valence-corrected chi connectivity index (χ0v) is 27.7. The van der Waals surface area contributed by atoms with Gasteiger partial charge in [0.25, 0.3) is 0 Å². The molecule has 1 amide bonds. The van der Waals surface area contributed by atoms with E-state index in [2.05, 4.69) is 63.8 Å². The van der Waals surface area contributed by atoms with Crippen molar-refractivity contribution in [2.45, 2.75) is 58.0 Å². The first-order valence-corrected chi connectivity index (χ1v) is 17.4. The maximum Gasteiger partial charge on any atom is 0.245 e. The summed E-state index contributed by atoms with van der Waals surface area (Å²) in [6.45, 7) is 16.7. The number of H-pyrrole nitrogens is 1. The number of hydrogen-bond acceptors (Lipinski definition) is 6. The molecule has 7 rings (SSSR count). The topological polar surface area (TPSA) is 73.3 Å². The van der Waals surface area contributed by atoms with Crippen molar-refractivity contribution in [1.29, 1.82) is 0 Å². The van der Waals surface area contributed by atoms with Crippen molar-refractivity contribution in [3.63, 3.8) is 0 Å². The highest BCUT2D eigenvalue weighted by molar-refractivity contribution is 7.99. The number of carbonyl (C=O) groups is 1. The number of nitrogens with zero attached hydrogens (tertiary/aromatic N) is 6. The van der Waals surface area contributed by atoms with Gasteiger partial charge in [0.1, 0.15) is 0 Å². The number of carbonyl (C=O) groups excluding carboxylic acids is 1. The van der Waals surface area contributed by atoms with Crippen molar-refractivity contribution in [2.75, 3.05) is 55.7 Å². The number of thioether (sulfide) groups is 1. The highest BCUT2D eigenvalue weighted by Crippen LogP contribution is 2.56. The van der Waals surface area contributed by atoms with Gasteiger partial charge in [-0.05, 0) is 64.5 Å². The summed E-state index contributed by atoms with van der Waals surface area (Å²) in [6.07, 6.45) is 7.55. The summed E-state index contributed by atoms with van der Waals surface area (Å²) in [6, 6.07) is 2.13. The van der Waals surface area contributed by atoms with E-state index in [1.54, 1.807) is 0 Å². The molecule has 43 heavy (non-hydrogen) atoms. The van der Waals surface area contributed by atoms with E-state index in [0.717, 1.165) is 78.9 Å². The van der Waals surface area contributed by atoms with Crippen molar-refractivity contribution in [2.24, 2.45) is 11.3 Å². The van der Waals surface area contributed by atoms with E-state index >= 15 is 0 Å². The van der Waals surface area contributed by atoms with Crippen molar-refractivity contribution in [3.8, 4) is 11.1 Å². The van der Waals surface area contributed by atoms with Crippen LogP contribution in [-0.2, 0) is 4.79 Å². The van der Waals surface area contributed by atoms with Crippen LogP contribution in [0.3, 0.4) is 0 Å². The molecule has 1 N–H and O–H groups in total. The van der Waals surface area contributed by atoms with E-state index in [1.165, 1.54) is 37.2 Å². The summed E-state index contributed by atoms with van der Waals surface area (Å²) in [7, 11) is 0. The number of aromatic amines is 1. The normalized spacial score (nSPS) is 23.9. The summed E-state index contributed by atoms with van der Waals surface area (Å²) in [4.78, 5) is 19.2. The predicted molar refractivity (Wildman–Crippen MR) is 177 cm³/mol. The summed E-state index contributed by atoms with van der Waals surface area (Å²) < 4.78 is 2.24. The highest BCUT2D eigenvalue weighted by atomic mass is 35.5. The molecule has 0 bridgehead atoms. The molecule has 1 unspecified atom stereocenters. The van der Waals surface area contributed by atoms with Gasteiger partial charge >= 0.3 is 0 Å². The second-order valence-corrected chi connectivity index (χ2v) is 15.8. The molecule has 8 nitrogen and oxygen atoms in total. The average Bonchev–Trinajstić information content (AvgIpc) is 3.52. The molecule has 1 spiro atoms. The lowest BCUT2D eigenvalue weighted by atomic mass is 9.60. The quantitative estimate of drug-likeness (QED) is 0.313. The average molecular weight is 643 g/mol. The first-order chi connectivity index (χ1) is 20.6. The van der Waals surface area contributed by atoms with Crippen molar-refractivity contribution in [3.05, 3.63) is 40.7 Å². The van der Waals surface area contributed by atoms with Gasteiger partial charge in [0, 0.05) is 83.9 Å². The van der Waals surface area contributed by atoms with Gasteiger partial charge in [0.2, 0.25) is 5.91 Å². The molecular weight excluding hydrogens is 601 g/mol. The fourth-order valence-corrected chi connectivity index (χ4v) is 9.70. The Morgan fingerprint density at radius 1 is 1.16 bits per heavy atom. The minimum atomic E-state index is -0.0747. The number of benzene rings is 1. The number of anilines is 1. The number of hydrogen-bond donors (Lipinski definition) is 1. The van der Waals surface area contributed by atoms with E-state index in [0.29, 0.717) is 16.0 Å². The molecule has 1 aliphatic carbocycles. The fourth-order valence-electron chi connectivity index (χ4n) is 8.27. The molecule has 0 radical (unpaired) electrons. The van der Waals surface area contributed by atoms with Gasteiger partial charge in [-0.3, -0.25) is 14.6 Å². The molecule has 2 aromatic heterocycles. The molecule has 3 aliphatic heterocycles. The van der Waals surface area contributed by atoms with Crippen LogP contribution in [0.1, 0.15) is 51.3 Å². The zero-order chi connectivity index (χ0) is 30.1. The first-order valence-electron chi connectivity index (χ1n) is 15.5. The Morgan fingerprint density at radius 3 is 2.60 bits per heavy atom. The first kappa shape index (κ1) is 29.5. The molecule has 5 heterocycles. The summed E-state index contributed by atoms with van der Waals surface area (Å²) >= 11 is 15.8. The molecule has 4 aliphatic rings. The fraction of sp³-hybridized carbons (Fsp3) is 0.594. The Balaban J connectivity index is 1.23. The number of aromatic nitrogens is 4. The minimum Gasteiger partial charge on any atom is -0.349 e. The lowest BCUT2D eigenvalue weighted by Gasteiger charge is -2.58. The highest BCUT2D eigenvalue weighted by Gasteiger charge is 2.54. The zero-order valence-electron chi connectivity index (χ0n) is 25.3. The van der Waals surface area contributed by atoms with Gasteiger partial charge in [0.05, 0.1) is 27.8 Å². The Morgan fingerprint density at radius 2 is 1.91 bits per heavy atom. The molecule has 1 saturated carbocycles. The molecule has 4 fully saturated rings. The lowest BCUT2D eigenvalue weighted by Crippen LogP contribution is -2.63. The predicted octanol–water partition coefficient (Wildman–Crippen LogP) is 6.43. The van der Waals surface area contributed by atoms with Crippen LogP contribution in [0, 0.1) is 18.3 Å². The van der Waals surface area contributed by atoms with Crippen LogP contribution in [0.5, 0.6) is 0 Å². The van der Waals surface area contributed by atoms with Gasteiger partial charge < -0.3 is 14.7 Å². The Kier molecular flexibility index (Phi) is 7.55. The van der Waals surface area contributed by atoms with Crippen LogP contribution in [-0.4, -0.2) is 92.0 Å². The summed E-state index contributed by atoms with van der Waals surface area (Å²) in [5.74, 6) is 4.17. The van der Waals surface area contributed by atoms with Crippen LogP contribution in [0.15, 0.2) is 24.9 Å². The third-order valence-corrected chi connectivity index (χ3v) is 12.1. The molecule has 11 heteroatoms. The molecule has 1 atom stereocenters. The van der Waals surface area contributed by atoms with E-state index in [4.69, 9.17) is 28.3 Å². The van der Waals surface area contributed by atoms with Crippen LogP contribution >= 0.6 is 35.0 Å². The number of rotatable bonds is 6. The van der Waals surface area contributed by atoms with Crippen LogP contribution in [0.4, 0.5) is 5.82 Å². The Bertz CT molecular complexity index is 1560. The SMILES string of the molecule is C=CC(=O)N1CC2(CC(n3nc(N4CCC(CN5CCSCC5)CC4(C)C)c(-c4c(Cl)c(Cl)cc5[nH]ncc45)c3C)C2)C1. The smallest absolute Gasteiger partial charge is 0.245 e. The van der Waals surface area contributed by atoms with E-state index in [9.17, 15) is 4.79 Å². The largest absolute Gasteiger partial charge is 0.349 e. The van der Waals surface area contributed by atoms with E-state index in [1.807, 2.05) is 17.2 Å². The third-order valence-electron chi connectivity index (χ3n) is 10.4. The van der Waals surface area contributed by atoms with Crippen LogP contribution in [0.25, 0.3) is 22.0 Å². The van der Waals surface area contributed by atoms with Gasteiger partial charge in [0.15, 0.2) is 5.82 Å². The van der Waals surface area contributed by atoms with Crippen molar-refractivity contribution < 1.29 is 4.79 Å². The number of fused-ring (bicyclic) bond motifs is 1. The summed E-state index contributed by atoms with van der Waals surface area (Å²) in [5, 5.41) is 14.9. The van der Waals surface area contributed by atoms with Crippen molar-refractivity contribution >= 4 is 57.6 Å². The monoisotopic (exact) mass is 641 g/mol. The van der Waals surface area contributed by atoms with E-state index in [-0.39, 0.29) is 22.9 Å². The third kappa shape index (κ3) is 5.08. The molecule has 3 saturated heterocycles. The number of halogens is 2. The van der Waals surface area contributed by atoms with Gasteiger partial charge in [-0.25, -0.2) is 0 Å². The lowest BCUT2D eigenvalue weighted by molar-refractivity contribution is -0.149. The number of nitrogens with one attached hydrogen (secondary N) is 1. The van der Waals surface area contributed by atoms with Crippen molar-refractivity contribution in [1.82, 2.24) is 29.8 Å². The van der Waals surface area contributed by atoms with Crippen LogP contribution < -0.4 is 4.90 Å². The van der Waals surface area contributed by atoms with Gasteiger partial charge in [-0.2, -0.15) is 22.0 Å². The molecule has 230 valence electrons. The van der Waals surface area contributed by atoms with E-state index < -0.39 is 0 Å². The van der Waals surface area contributed by atoms with Gasteiger partial charge in [-0.15, -0.1) is 0 Å². The summed E-state index contributed by atoms with van der Waals surface area (Å²) in [5.41, 5.74) is 4.04. The second kappa shape index (κ2) is 11.0. The number of piperidine rings is 1. The Hall–Kier alpha value is -2.20. The van der Waals surface area contributed by atoms with Crippen LogP contribution in [0.2, 0.25) is 10.0 Å². The molecule has 1 aromatic carbocycles. The maximum absolute atomic E-state index is 12.1. The second-order valence-electron chi connectivity index (χ2n) is 13.8. The van der Waals surface area contributed by atoms with Gasteiger partial charge in [-0.1, -0.05) is 29.8 Å². The Labute approximate surface area is 268 Å². The minimum absolute atomic E-state index is 0.0263. The number of amides is 1. The molecular formula is C32H41Cl2N7OS.